The lowest BCUT2D eigenvalue weighted by atomic mass is 10.1. The van der Waals surface area contributed by atoms with Gasteiger partial charge in [-0.15, -0.1) is 0 Å². The number of rotatable bonds is 7. The maximum Gasteiger partial charge on any atom is 0.258 e. The highest BCUT2D eigenvalue weighted by molar-refractivity contribution is 6.03. The number of halogens is 1. The molecule has 1 aromatic heterocycles. The number of hydrogen-bond donors (Lipinski definition) is 2. The number of anilines is 2. The van der Waals surface area contributed by atoms with Crippen LogP contribution in [0.1, 0.15) is 15.9 Å². The van der Waals surface area contributed by atoms with Gasteiger partial charge in [-0.05, 0) is 42.3 Å². The summed E-state index contributed by atoms with van der Waals surface area (Å²) in [7, 11) is 1.64. The average Bonchev–Trinajstić information content (AvgIpc) is 2.70. The number of carbonyl (C=O) groups excluding carboxylic acids is 1. The molecule has 0 saturated heterocycles. The Kier molecular flexibility index (Phi) is 5.94. The molecule has 0 spiro atoms. The minimum Gasteiger partial charge on any atom is -0.496 e. The Bertz CT molecular complexity index is 899. The smallest absolute Gasteiger partial charge is 0.258 e. The van der Waals surface area contributed by atoms with Gasteiger partial charge in [0.05, 0.1) is 12.7 Å². The lowest BCUT2D eigenvalue weighted by molar-refractivity contribution is 0.102. The zero-order valence-corrected chi connectivity index (χ0v) is 14.8. The third-order valence-electron chi connectivity index (χ3n) is 3.89. The van der Waals surface area contributed by atoms with Crippen LogP contribution in [0.3, 0.4) is 0 Å². The first-order chi connectivity index (χ1) is 13.2. The summed E-state index contributed by atoms with van der Waals surface area (Å²) in [6.45, 7) is 0.626. The lowest BCUT2D eigenvalue weighted by Crippen LogP contribution is -2.14. The van der Waals surface area contributed by atoms with Gasteiger partial charge in [-0.1, -0.05) is 18.2 Å². The monoisotopic (exact) mass is 366 g/mol. The predicted molar refractivity (Wildman–Crippen MR) is 102 cm³/mol. The highest BCUT2D eigenvalue weighted by atomic mass is 19.1. The average molecular weight is 366 g/mol. The maximum atomic E-state index is 12.9. The normalized spacial score (nSPS) is 10.3. The van der Waals surface area contributed by atoms with Gasteiger partial charge in [-0.25, -0.2) is 14.4 Å². The molecule has 1 heterocycles. The predicted octanol–water partition coefficient (Wildman–Crippen LogP) is 3.53. The highest BCUT2D eigenvalue weighted by Crippen LogP contribution is 2.17. The van der Waals surface area contributed by atoms with E-state index >= 15 is 0 Å². The first-order valence-corrected chi connectivity index (χ1v) is 8.40. The maximum absolute atomic E-state index is 12.9. The Hall–Kier alpha value is -3.48. The first kappa shape index (κ1) is 18.3. The third kappa shape index (κ3) is 5.01. The molecule has 138 valence electrons. The van der Waals surface area contributed by atoms with E-state index in [0.29, 0.717) is 23.7 Å². The molecule has 2 N–H and O–H groups in total. The number of benzene rings is 2. The Balaban J connectivity index is 1.53. The number of carbonyl (C=O) groups is 1. The molecular weight excluding hydrogens is 347 g/mol. The summed E-state index contributed by atoms with van der Waals surface area (Å²) >= 11 is 0. The third-order valence-corrected chi connectivity index (χ3v) is 3.89. The Morgan fingerprint density at radius 1 is 1.07 bits per heavy atom. The van der Waals surface area contributed by atoms with E-state index in [1.54, 1.807) is 7.11 Å². The molecule has 0 unspecified atom stereocenters. The van der Waals surface area contributed by atoms with Crippen molar-refractivity contribution >= 4 is 17.5 Å². The van der Waals surface area contributed by atoms with Crippen LogP contribution in [0.25, 0.3) is 0 Å². The fourth-order valence-corrected chi connectivity index (χ4v) is 2.49. The standard InChI is InChI=1S/C20H19FN4O2/c1-27-18-5-3-2-4-14(18)10-11-22-20-23-12-15(13-24-20)19(26)25-17-8-6-16(21)7-9-17/h2-9,12-13H,10-11H2,1H3,(H,25,26)(H,22,23,24). The van der Waals surface area contributed by atoms with E-state index in [2.05, 4.69) is 20.6 Å². The lowest BCUT2D eigenvalue weighted by Gasteiger charge is -2.09. The molecule has 0 aliphatic heterocycles. The minimum absolute atomic E-state index is 0.314. The number of para-hydroxylation sites is 1. The number of ether oxygens (including phenoxy) is 1. The van der Waals surface area contributed by atoms with Crippen LogP contribution < -0.4 is 15.4 Å². The molecule has 7 heteroatoms. The van der Waals surface area contributed by atoms with Crippen molar-refractivity contribution < 1.29 is 13.9 Å². The van der Waals surface area contributed by atoms with Crippen molar-refractivity contribution in [2.45, 2.75) is 6.42 Å². The van der Waals surface area contributed by atoms with Crippen LogP contribution in [0.4, 0.5) is 16.0 Å². The van der Waals surface area contributed by atoms with Crippen molar-refractivity contribution in [3.63, 3.8) is 0 Å². The van der Waals surface area contributed by atoms with Crippen LogP contribution in [-0.4, -0.2) is 29.5 Å². The molecule has 0 aliphatic rings. The van der Waals surface area contributed by atoms with E-state index in [-0.39, 0.29) is 11.7 Å². The Morgan fingerprint density at radius 3 is 2.48 bits per heavy atom. The molecule has 0 fully saturated rings. The van der Waals surface area contributed by atoms with Gasteiger partial charge in [0, 0.05) is 24.6 Å². The molecule has 2 aromatic carbocycles. The molecule has 0 saturated carbocycles. The van der Waals surface area contributed by atoms with Gasteiger partial charge in [0.15, 0.2) is 0 Å². The molecule has 0 radical (unpaired) electrons. The zero-order valence-electron chi connectivity index (χ0n) is 14.8. The van der Waals surface area contributed by atoms with E-state index < -0.39 is 0 Å². The molecule has 3 rings (SSSR count). The largest absolute Gasteiger partial charge is 0.496 e. The van der Waals surface area contributed by atoms with Crippen LogP contribution in [0, 0.1) is 5.82 Å². The van der Waals surface area contributed by atoms with Gasteiger partial charge in [-0.3, -0.25) is 4.79 Å². The molecule has 6 nitrogen and oxygen atoms in total. The van der Waals surface area contributed by atoms with Gasteiger partial charge in [-0.2, -0.15) is 0 Å². The van der Waals surface area contributed by atoms with Crippen LogP contribution in [0.15, 0.2) is 60.9 Å². The van der Waals surface area contributed by atoms with E-state index in [1.807, 2.05) is 24.3 Å². The van der Waals surface area contributed by atoms with Crippen molar-refractivity contribution in [3.05, 3.63) is 77.9 Å². The molecule has 3 aromatic rings. The summed E-state index contributed by atoms with van der Waals surface area (Å²) in [5.74, 6) is 0.554. The quantitative estimate of drug-likeness (QED) is 0.669. The van der Waals surface area contributed by atoms with Gasteiger partial charge >= 0.3 is 0 Å². The second-order valence-electron chi connectivity index (χ2n) is 5.74. The zero-order chi connectivity index (χ0) is 19.1. The van der Waals surface area contributed by atoms with Crippen LogP contribution in [-0.2, 0) is 6.42 Å². The number of amides is 1. The number of aromatic nitrogens is 2. The molecule has 27 heavy (non-hydrogen) atoms. The minimum atomic E-state index is -0.361. The van der Waals surface area contributed by atoms with Crippen LogP contribution in [0.5, 0.6) is 5.75 Å². The first-order valence-electron chi connectivity index (χ1n) is 8.40. The summed E-state index contributed by atoms with van der Waals surface area (Å²) in [6.07, 6.45) is 3.63. The number of nitrogens with one attached hydrogen (secondary N) is 2. The topological polar surface area (TPSA) is 76.1 Å². The second-order valence-corrected chi connectivity index (χ2v) is 5.74. The summed E-state index contributed by atoms with van der Waals surface area (Å²) in [6, 6.07) is 13.3. The summed E-state index contributed by atoms with van der Waals surface area (Å²) in [4.78, 5) is 20.5. The van der Waals surface area contributed by atoms with Crippen molar-refractivity contribution in [1.82, 2.24) is 9.97 Å². The van der Waals surface area contributed by atoms with Crippen LogP contribution in [0.2, 0.25) is 0 Å². The molecule has 1 amide bonds. The molecule has 0 atom stereocenters. The number of methoxy groups -OCH3 is 1. The Morgan fingerprint density at radius 2 is 1.78 bits per heavy atom. The number of hydrogen-bond acceptors (Lipinski definition) is 5. The Labute approximate surface area is 156 Å². The summed E-state index contributed by atoms with van der Waals surface area (Å²) in [5.41, 5.74) is 1.90. The van der Waals surface area contributed by atoms with Gasteiger partial charge in [0.2, 0.25) is 5.95 Å². The highest BCUT2D eigenvalue weighted by Gasteiger charge is 2.08. The van der Waals surface area contributed by atoms with Gasteiger partial charge in [0.1, 0.15) is 11.6 Å². The SMILES string of the molecule is COc1ccccc1CCNc1ncc(C(=O)Nc2ccc(F)cc2)cn1. The second kappa shape index (κ2) is 8.75. The van der Waals surface area contributed by atoms with Crippen molar-refractivity contribution in [3.8, 4) is 5.75 Å². The van der Waals surface area contributed by atoms with E-state index in [9.17, 15) is 9.18 Å². The summed E-state index contributed by atoms with van der Waals surface area (Å²) < 4.78 is 18.2. The van der Waals surface area contributed by atoms with E-state index in [0.717, 1.165) is 17.7 Å². The molecule has 0 aliphatic carbocycles. The van der Waals surface area contributed by atoms with Crippen molar-refractivity contribution in [1.29, 1.82) is 0 Å². The van der Waals surface area contributed by atoms with Gasteiger partial charge in [0.25, 0.3) is 5.91 Å². The summed E-state index contributed by atoms with van der Waals surface area (Å²) in [5, 5.41) is 5.78. The fraction of sp³-hybridized carbons (Fsp3) is 0.150. The van der Waals surface area contributed by atoms with Gasteiger partial charge < -0.3 is 15.4 Å². The van der Waals surface area contributed by atoms with Crippen LogP contribution >= 0.6 is 0 Å². The van der Waals surface area contributed by atoms with Crippen molar-refractivity contribution in [2.75, 3.05) is 24.3 Å². The van der Waals surface area contributed by atoms with E-state index in [4.69, 9.17) is 4.74 Å². The fourth-order valence-electron chi connectivity index (χ4n) is 2.49. The van der Waals surface area contributed by atoms with Crippen molar-refractivity contribution in [2.24, 2.45) is 0 Å². The number of nitrogens with zero attached hydrogens (tertiary/aromatic N) is 2. The van der Waals surface area contributed by atoms with E-state index in [1.165, 1.54) is 36.7 Å². The molecule has 0 bridgehead atoms. The molecular formula is C20H19FN4O2.